The molecule has 0 radical (unpaired) electrons. The van der Waals surface area contributed by atoms with Gasteiger partial charge in [0.2, 0.25) is 5.00 Å². The Kier molecular flexibility index (Phi) is 10.0. The summed E-state index contributed by atoms with van der Waals surface area (Å²) in [4.78, 5) is 10.5. The number of carbonyl (C=O) groups is 1. The molecule has 4 aromatic rings. The fourth-order valence-electron chi connectivity index (χ4n) is 5.09. The van der Waals surface area contributed by atoms with Crippen molar-refractivity contribution in [1.29, 1.82) is 0 Å². The lowest BCUT2D eigenvalue weighted by Gasteiger charge is -2.51. The van der Waals surface area contributed by atoms with Crippen LogP contribution in [0.5, 0.6) is 5.75 Å². The molecule has 0 saturated heterocycles. The predicted molar refractivity (Wildman–Crippen MR) is 162 cm³/mol. The SMILES string of the molecule is COC(=O)c1cc(OCCCN(C(C)(c2ccccc2)c2ccccc2)C(Cl)(c2ccccc2)C(F)(F)F)ccc1Br. The standard InChI is InChI=1S/C33H30BrClF3NO3/c1-31(24-13-6-3-7-14-24,25-15-8-4-9-16-25)39(32(35,33(36,37)38)26-17-10-5-11-18-26)21-12-22-42-27-19-20-29(34)28(23-27)30(40)41-2/h3-11,13-20,23H,12,21-22H2,1-2H3. The topological polar surface area (TPSA) is 38.8 Å². The summed E-state index contributed by atoms with van der Waals surface area (Å²) in [6.45, 7) is 1.75. The third kappa shape index (κ3) is 6.36. The van der Waals surface area contributed by atoms with Crippen LogP contribution in [-0.2, 0) is 15.3 Å². The smallest absolute Gasteiger partial charge is 0.425 e. The molecule has 0 amide bonds. The van der Waals surface area contributed by atoms with Gasteiger partial charge in [0.15, 0.2) is 0 Å². The summed E-state index contributed by atoms with van der Waals surface area (Å²) >= 11 is 10.2. The second-order valence-corrected chi connectivity index (χ2v) is 11.2. The van der Waals surface area contributed by atoms with E-state index in [0.29, 0.717) is 21.3 Å². The Morgan fingerprint density at radius 1 is 0.833 bits per heavy atom. The van der Waals surface area contributed by atoms with Gasteiger partial charge in [0.05, 0.1) is 24.8 Å². The molecule has 42 heavy (non-hydrogen) atoms. The lowest BCUT2D eigenvalue weighted by molar-refractivity contribution is -0.220. The number of alkyl halides is 4. The Bertz CT molecular complexity index is 1430. The second-order valence-electron chi connectivity index (χ2n) is 9.78. The zero-order chi connectivity index (χ0) is 30.4. The summed E-state index contributed by atoms with van der Waals surface area (Å²) in [7, 11) is 1.28. The molecule has 0 aliphatic rings. The number of halogens is 5. The predicted octanol–water partition coefficient (Wildman–Crippen LogP) is 8.92. The maximum atomic E-state index is 15.3. The van der Waals surface area contributed by atoms with E-state index in [1.165, 1.54) is 30.2 Å². The number of hydrogen-bond donors (Lipinski definition) is 0. The molecule has 0 aliphatic carbocycles. The Hall–Kier alpha value is -3.33. The minimum absolute atomic E-state index is 0.0675. The third-order valence-electron chi connectivity index (χ3n) is 7.25. The van der Waals surface area contributed by atoms with Crippen molar-refractivity contribution < 1.29 is 27.4 Å². The van der Waals surface area contributed by atoms with Crippen LogP contribution in [0.3, 0.4) is 0 Å². The van der Waals surface area contributed by atoms with Gasteiger partial charge < -0.3 is 9.47 Å². The van der Waals surface area contributed by atoms with Crippen LogP contribution in [0.25, 0.3) is 0 Å². The van der Waals surface area contributed by atoms with Gasteiger partial charge in [-0.2, -0.15) is 13.2 Å². The van der Waals surface area contributed by atoms with Crippen molar-refractivity contribution in [1.82, 2.24) is 4.90 Å². The van der Waals surface area contributed by atoms with Gasteiger partial charge in [-0.15, -0.1) is 0 Å². The molecule has 9 heteroatoms. The van der Waals surface area contributed by atoms with Gasteiger partial charge in [0, 0.05) is 11.0 Å². The lowest BCUT2D eigenvalue weighted by Crippen LogP contribution is -2.60. The molecule has 4 nitrogen and oxygen atoms in total. The van der Waals surface area contributed by atoms with Crippen LogP contribution < -0.4 is 4.74 Å². The van der Waals surface area contributed by atoms with Gasteiger partial charge in [0.1, 0.15) is 5.75 Å². The maximum Gasteiger partial charge on any atom is 0.425 e. The fraction of sp³-hybridized carbons (Fsp3) is 0.242. The van der Waals surface area contributed by atoms with E-state index in [9.17, 15) is 4.79 Å². The van der Waals surface area contributed by atoms with Crippen LogP contribution in [0.1, 0.15) is 40.4 Å². The number of benzene rings is 4. The molecule has 0 heterocycles. The minimum Gasteiger partial charge on any atom is -0.494 e. The maximum absolute atomic E-state index is 15.3. The first-order valence-electron chi connectivity index (χ1n) is 13.2. The number of carbonyl (C=O) groups excluding carboxylic acids is 1. The number of nitrogens with zero attached hydrogens (tertiary/aromatic N) is 1. The zero-order valence-electron chi connectivity index (χ0n) is 23.1. The van der Waals surface area contributed by atoms with E-state index in [1.54, 1.807) is 61.5 Å². The number of esters is 1. The molecule has 1 atom stereocenters. The van der Waals surface area contributed by atoms with Crippen LogP contribution >= 0.6 is 27.5 Å². The number of methoxy groups -OCH3 is 1. The number of ether oxygens (including phenoxy) is 2. The highest BCUT2D eigenvalue weighted by atomic mass is 79.9. The number of rotatable bonds is 11. The van der Waals surface area contributed by atoms with Crippen molar-refractivity contribution in [3.05, 3.63) is 136 Å². The molecule has 0 saturated carbocycles. The molecule has 0 aromatic heterocycles. The summed E-state index contributed by atoms with van der Waals surface area (Å²) in [6.07, 6.45) is -4.67. The third-order valence-corrected chi connectivity index (χ3v) is 8.58. The van der Waals surface area contributed by atoms with Gasteiger partial charge >= 0.3 is 12.1 Å². The van der Waals surface area contributed by atoms with Crippen LogP contribution in [0, 0.1) is 0 Å². The second kappa shape index (κ2) is 13.3. The largest absolute Gasteiger partial charge is 0.494 e. The molecule has 4 rings (SSSR count). The van der Waals surface area contributed by atoms with Gasteiger partial charge in [-0.3, -0.25) is 4.90 Å². The van der Waals surface area contributed by atoms with Crippen molar-refractivity contribution in [2.45, 2.75) is 30.1 Å². The van der Waals surface area contributed by atoms with Crippen molar-refractivity contribution in [3.8, 4) is 5.75 Å². The first kappa shape index (κ1) is 31.6. The van der Waals surface area contributed by atoms with Crippen molar-refractivity contribution in [2.75, 3.05) is 20.3 Å². The van der Waals surface area contributed by atoms with Crippen LogP contribution in [0.2, 0.25) is 0 Å². The molecular weight excluding hydrogens is 631 g/mol. The highest BCUT2D eigenvalue weighted by Gasteiger charge is 2.62. The summed E-state index contributed by atoms with van der Waals surface area (Å²) in [6, 6.07) is 30.5. The monoisotopic (exact) mass is 659 g/mol. The van der Waals surface area contributed by atoms with Gasteiger partial charge in [-0.05, 0) is 64.2 Å². The van der Waals surface area contributed by atoms with Crippen molar-refractivity contribution in [3.63, 3.8) is 0 Å². The van der Waals surface area contributed by atoms with Crippen LogP contribution in [0.15, 0.2) is 114 Å². The Morgan fingerprint density at radius 3 is 1.81 bits per heavy atom. The lowest BCUT2D eigenvalue weighted by atomic mass is 9.80. The van der Waals surface area contributed by atoms with E-state index >= 15 is 13.2 Å². The highest BCUT2D eigenvalue weighted by Crippen LogP contribution is 2.53. The van der Waals surface area contributed by atoms with E-state index in [0.717, 1.165) is 0 Å². The Labute approximate surface area is 257 Å². The highest BCUT2D eigenvalue weighted by molar-refractivity contribution is 9.10. The summed E-state index contributed by atoms with van der Waals surface area (Å²) in [5.74, 6) is -0.157. The molecule has 0 bridgehead atoms. The Balaban J connectivity index is 1.77. The summed E-state index contributed by atoms with van der Waals surface area (Å²) < 4.78 is 57.2. The Morgan fingerprint density at radius 2 is 1.33 bits per heavy atom. The van der Waals surface area contributed by atoms with Crippen molar-refractivity contribution >= 4 is 33.5 Å². The van der Waals surface area contributed by atoms with Gasteiger partial charge in [0.25, 0.3) is 0 Å². The van der Waals surface area contributed by atoms with Crippen LogP contribution in [0.4, 0.5) is 13.2 Å². The van der Waals surface area contributed by atoms with E-state index in [1.807, 2.05) is 36.4 Å². The molecule has 1 unspecified atom stereocenters. The van der Waals surface area contributed by atoms with Crippen LogP contribution in [-0.4, -0.2) is 37.3 Å². The first-order valence-corrected chi connectivity index (χ1v) is 14.4. The van der Waals surface area contributed by atoms with E-state index < -0.39 is 22.7 Å². The minimum atomic E-state index is -4.86. The van der Waals surface area contributed by atoms with Gasteiger partial charge in [-0.25, -0.2) is 4.79 Å². The van der Waals surface area contributed by atoms with E-state index in [2.05, 4.69) is 15.9 Å². The molecule has 0 spiro atoms. The molecule has 0 aliphatic heterocycles. The average Bonchev–Trinajstić information content (AvgIpc) is 3.01. The van der Waals surface area contributed by atoms with E-state index in [4.69, 9.17) is 21.1 Å². The number of hydrogen-bond acceptors (Lipinski definition) is 4. The summed E-state index contributed by atoms with van der Waals surface area (Å²) in [5.41, 5.74) is 0.189. The fourth-order valence-corrected chi connectivity index (χ4v) is 5.88. The molecule has 0 N–H and O–H groups in total. The zero-order valence-corrected chi connectivity index (χ0v) is 25.4. The average molecular weight is 661 g/mol. The normalized spacial score (nSPS) is 13.4. The first-order chi connectivity index (χ1) is 20.0. The molecule has 4 aromatic carbocycles. The van der Waals surface area contributed by atoms with Crippen molar-refractivity contribution in [2.24, 2.45) is 0 Å². The molecule has 220 valence electrons. The molecule has 0 fully saturated rings. The summed E-state index contributed by atoms with van der Waals surface area (Å²) in [5, 5.41) is 0. The van der Waals surface area contributed by atoms with Gasteiger partial charge in [-0.1, -0.05) is 103 Å². The molecular formula is C33H30BrClF3NO3. The van der Waals surface area contributed by atoms with E-state index in [-0.39, 0.29) is 30.7 Å². The quantitative estimate of drug-likeness (QED) is 0.0697.